The summed E-state index contributed by atoms with van der Waals surface area (Å²) < 4.78 is 15.9. The second kappa shape index (κ2) is 8.23. The van der Waals surface area contributed by atoms with E-state index in [1.165, 1.54) is 23.5 Å². The molecule has 0 aliphatic heterocycles. The number of amides is 1. The highest BCUT2D eigenvalue weighted by Crippen LogP contribution is 2.31. The number of para-hydroxylation sites is 1. The molecule has 8 heteroatoms. The van der Waals surface area contributed by atoms with E-state index in [0.717, 1.165) is 32.4 Å². The summed E-state index contributed by atoms with van der Waals surface area (Å²) in [5, 5.41) is 8.30. The van der Waals surface area contributed by atoms with Crippen molar-refractivity contribution in [3.63, 3.8) is 0 Å². The fourth-order valence-electron chi connectivity index (χ4n) is 3.24. The van der Waals surface area contributed by atoms with Crippen molar-refractivity contribution in [1.82, 2.24) is 20.1 Å². The third-order valence-electron chi connectivity index (χ3n) is 4.83. The van der Waals surface area contributed by atoms with Gasteiger partial charge in [0.05, 0.1) is 28.7 Å². The molecule has 2 aromatic carbocycles. The number of benzene rings is 2. The lowest BCUT2D eigenvalue weighted by Gasteiger charge is -2.18. The molecule has 30 heavy (non-hydrogen) atoms. The molecule has 0 spiro atoms. The van der Waals surface area contributed by atoms with Crippen LogP contribution in [0.3, 0.4) is 0 Å². The Morgan fingerprint density at radius 1 is 1.20 bits per heavy atom. The Labute approximate surface area is 178 Å². The van der Waals surface area contributed by atoms with E-state index < -0.39 is 0 Å². The van der Waals surface area contributed by atoms with Gasteiger partial charge >= 0.3 is 0 Å². The largest absolute Gasteiger partial charge is 0.348 e. The Morgan fingerprint density at radius 2 is 1.90 bits per heavy atom. The summed E-state index contributed by atoms with van der Waals surface area (Å²) in [4.78, 5) is 19.1. The van der Waals surface area contributed by atoms with Crippen molar-refractivity contribution in [1.29, 1.82) is 0 Å². The second-order valence-corrected chi connectivity index (χ2v) is 8.16. The van der Waals surface area contributed by atoms with E-state index in [-0.39, 0.29) is 24.3 Å². The van der Waals surface area contributed by atoms with Crippen LogP contribution in [0, 0.1) is 12.7 Å². The van der Waals surface area contributed by atoms with Crippen molar-refractivity contribution >= 4 is 32.7 Å². The zero-order valence-corrected chi connectivity index (χ0v) is 17.8. The molecule has 2 aromatic heterocycles. The maximum Gasteiger partial charge on any atom is 0.240 e. The number of halogens is 1. The molecular formula is C22H22FN5OS. The lowest BCUT2D eigenvalue weighted by atomic mass is 10.1. The van der Waals surface area contributed by atoms with Gasteiger partial charge in [0.25, 0.3) is 0 Å². The van der Waals surface area contributed by atoms with E-state index in [0.29, 0.717) is 0 Å². The van der Waals surface area contributed by atoms with Crippen molar-refractivity contribution in [2.24, 2.45) is 0 Å². The van der Waals surface area contributed by atoms with Gasteiger partial charge in [-0.25, -0.2) is 9.07 Å². The summed E-state index contributed by atoms with van der Waals surface area (Å²) in [6.07, 6.45) is 0. The Balaban J connectivity index is 1.48. The predicted octanol–water partition coefficient (Wildman–Crippen LogP) is 4.24. The van der Waals surface area contributed by atoms with Crippen molar-refractivity contribution in [3.05, 3.63) is 71.7 Å². The van der Waals surface area contributed by atoms with Crippen molar-refractivity contribution in [3.8, 4) is 5.69 Å². The summed E-state index contributed by atoms with van der Waals surface area (Å²) in [6.45, 7) is 4.00. The van der Waals surface area contributed by atoms with Gasteiger partial charge < -0.3 is 10.2 Å². The van der Waals surface area contributed by atoms with Gasteiger partial charge in [0.1, 0.15) is 5.82 Å². The van der Waals surface area contributed by atoms with Crippen LogP contribution in [0.25, 0.3) is 16.0 Å². The van der Waals surface area contributed by atoms with E-state index in [9.17, 15) is 9.18 Å². The molecule has 4 aromatic rings. The first kappa shape index (κ1) is 20.0. The second-order valence-electron chi connectivity index (χ2n) is 7.18. The van der Waals surface area contributed by atoms with Crippen LogP contribution in [0.5, 0.6) is 0 Å². The highest BCUT2D eigenvalue weighted by Gasteiger charge is 2.19. The minimum atomic E-state index is -0.294. The molecule has 0 saturated heterocycles. The first-order valence-corrected chi connectivity index (χ1v) is 10.4. The number of fused-ring (bicyclic) bond motifs is 1. The third kappa shape index (κ3) is 4.04. The summed E-state index contributed by atoms with van der Waals surface area (Å²) in [7, 11) is 1.84. The van der Waals surface area contributed by atoms with Crippen LogP contribution >= 0.6 is 11.3 Å². The lowest BCUT2D eigenvalue weighted by Crippen LogP contribution is -2.36. The molecule has 0 aliphatic rings. The number of rotatable bonds is 6. The number of nitrogens with one attached hydrogen (secondary N) is 1. The number of carbonyl (C=O) groups excluding carboxylic acids is 1. The first-order valence-electron chi connectivity index (χ1n) is 9.60. The van der Waals surface area contributed by atoms with Gasteiger partial charge in [0.2, 0.25) is 5.91 Å². The molecular weight excluding hydrogens is 401 g/mol. The number of carbonyl (C=O) groups is 1. The van der Waals surface area contributed by atoms with Crippen LogP contribution in [-0.4, -0.2) is 34.3 Å². The molecule has 0 unspecified atom stereocenters. The average molecular weight is 424 g/mol. The zero-order valence-electron chi connectivity index (χ0n) is 17.0. The maximum atomic E-state index is 13.1. The predicted molar refractivity (Wildman–Crippen MR) is 118 cm³/mol. The van der Waals surface area contributed by atoms with Gasteiger partial charge in [-0.15, -0.1) is 0 Å². The Kier molecular flexibility index (Phi) is 5.50. The number of aryl methyl sites for hydroxylation is 1. The van der Waals surface area contributed by atoms with Crippen molar-refractivity contribution in [2.45, 2.75) is 19.9 Å². The fraction of sp³-hybridized carbons (Fsp3) is 0.227. The number of hydrogen-bond acceptors (Lipinski definition) is 5. The lowest BCUT2D eigenvalue weighted by molar-refractivity contribution is -0.120. The number of thiazole rings is 1. The highest BCUT2D eigenvalue weighted by atomic mass is 32.1. The fourth-order valence-corrected chi connectivity index (χ4v) is 4.19. The first-order chi connectivity index (χ1) is 14.4. The molecule has 1 N–H and O–H groups in total. The van der Waals surface area contributed by atoms with Crippen LogP contribution in [0.1, 0.15) is 24.2 Å². The van der Waals surface area contributed by atoms with Crippen LogP contribution in [0.15, 0.2) is 54.6 Å². The monoisotopic (exact) mass is 423 g/mol. The van der Waals surface area contributed by atoms with Gasteiger partial charge in [-0.3, -0.25) is 4.79 Å². The van der Waals surface area contributed by atoms with Crippen LogP contribution in [0.2, 0.25) is 0 Å². The zero-order chi connectivity index (χ0) is 21.3. The molecule has 0 fully saturated rings. The number of hydrogen-bond donors (Lipinski definition) is 1. The van der Waals surface area contributed by atoms with E-state index in [1.54, 1.807) is 12.1 Å². The van der Waals surface area contributed by atoms with Gasteiger partial charge in [0, 0.05) is 7.05 Å². The Morgan fingerprint density at radius 3 is 2.60 bits per heavy atom. The number of anilines is 1. The molecule has 2 heterocycles. The smallest absolute Gasteiger partial charge is 0.240 e. The summed E-state index contributed by atoms with van der Waals surface area (Å²) in [6, 6.07) is 15.8. The molecule has 4 rings (SSSR count). The summed E-state index contributed by atoms with van der Waals surface area (Å²) >= 11 is 1.52. The van der Waals surface area contributed by atoms with Gasteiger partial charge in [-0.2, -0.15) is 10.1 Å². The normalized spacial score (nSPS) is 12.1. The summed E-state index contributed by atoms with van der Waals surface area (Å²) in [5.74, 6) is -0.424. The Bertz CT molecular complexity index is 1170. The molecule has 0 bridgehead atoms. The van der Waals surface area contributed by atoms with E-state index in [2.05, 4.69) is 10.4 Å². The summed E-state index contributed by atoms with van der Waals surface area (Å²) in [5.41, 5.74) is 3.48. The molecule has 154 valence electrons. The standard InChI is InChI=1S/C22H22FN5OS/c1-14(16-9-11-17(23)12-10-16)24-19(29)13-27(3)22-25-21-20(30-22)15(2)26-28(21)18-7-5-4-6-8-18/h4-12,14H,13H2,1-3H3,(H,24,29)/t14-/m1/s1. The third-order valence-corrected chi connectivity index (χ3v) is 6.10. The van der Waals surface area contributed by atoms with Crippen LogP contribution in [-0.2, 0) is 4.79 Å². The molecule has 0 radical (unpaired) electrons. The molecule has 0 aliphatic carbocycles. The molecule has 0 saturated carbocycles. The van der Waals surface area contributed by atoms with Crippen molar-refractivity contribution in [2.75, 3.05) is 18.5 Å². The molecule has 1 amide bonds. The average Bonchev–Trinajstić information content (AvgIpc) is 3.30. The number of nitrogens with zero attached hydrogens (tertiary/aromatic N) is 4. The topological polar surface area (TPSA) is 63.1 Å². The van der Waals surface area contributed by atoms with Crippen LogP contribution < -0.4 is 10.2 Å². The SMILES string of the molecule is Cc1nn(-c2ccccc2)c2nc(N(C)CC(=O)N[C@H](C)c3ccc(F)cc3)sc12. The highest BCUT2D eigenvalue weighted by molar-refractivity contribution is 7.22. The van der Waals surface area contributed by atoms with Gasteiger partial charge in [-0.1, -0.05) is 41.7 Å². The van der Waals surface area contributed by atoms with E-state index in [1.807, 2.05) is 60.8 Å². The number of likely N-dealkylation sites (N-methyl/N-ethyl adjacent to an activating group) is 1. The number of aromatic nitrogens is 3. The van der Waals surface area contributed by atoms with E-state index >= 15 is 0 Å². The molecule has 6 nitrogen and oxygen atoms in total. The quantitative estimate of drug-likeness (QED) is 0.504. The van der Waals surface area contributed by atoms with Crippen LogP contribution in [0.4, 0.5) is 9.52 Å². The Hall–Kier alpha value is -3.26. The minimum Gasteiger partial charge on any atom is -0.348 e. The van der Waals surface area contributed by atoms with Crippen molar-refractivity contribution < 1.29 is 9.18 Å². The van der Waals surface area contributed by atoms with Gasteiger partial charge in [-0.05, 0) is 43.7 Å². The maximum absolute atomic E-state index is 13.1. The molecule has 1 atom stereocenters. The van der Waals surface area contributed by atoms with E-state index in [4.69, 9.17) is 4.98 Å². The van der Waals surface area contributed by atoms with Gasteiger partial charge in [0.15, 0.2) is 10.8 Å². The minimum absolute atomic E-state index is 0.130.